The number of aryl methyl sites for hydroxylation is 1. The quantitative estimate of drug-likeness (QED) is 0.493. The number of pyridine rings is 1. The van der Waals surface area contributed by atoms with Gasteiger partial charge in [-0.25, -0.2) is 14.4 Å². The van der Waals surface area contributed by atoms with Crippen LogP contribution in [0.15, 0.2) is 60.8 Å². The third kappa shape index (κ3) is 4.09. The molecule has 1 atom stereocenters. The van der Waals surface area contributed by atoms with E-state index < -0.39 is 11.9 Å². The lowest BCUT2D eigenvalue weighted by Crippen LogP contribution is -2.30. The van der Waals surface area contributed by atoms with Crippen LogP contribution in [-0.4, -0.2) is 22.0 Å². The summed E-state index contributed by atoms with van der Waals surface area (Å²) in [6.07, 6.45) is 0.879. The lowest BCUT2D eigenvalue weighted by Gasteiger charge is -2.16. The number of thiazole rings is 1. The number of carbonyl (C=O) groups is 1. The Morgan fingerprint density at radius 1 is 1.17 bits per heavy atom. The van der Waals surface area contributed by atoms with Crippen LogP contribution in [0.25, 0.3) is 20.9 Å². The van der Waals surface area contributed by atoms with Gasteiger partial charge in [0.05, 0.1) is 0 Å². The molecule has 1 N–H and O–H groups in total. The zero-order chi connectivity index (χ0) is 20.4. The second kappa shape index (κ2) is 7.97. The number of nitrogens with zero attached hydrogens (tertiary/aromatic N) is 2. The molecule has 0 saturated carbocycles. The van der Waals surface area contributed by atoms with Crippen LogP contribution >= 0.6 is 11.3 Å². The largest absolute Gasteiger partial charge is 0.478 e. The number of fused-ring (bicyclic) bond motifs is 1. The number of anilines is 1. The third-order valence-corrected chi connectivity index (χ3v) is 5.45. The number of nitrogens with one attached hydrogen (secondary N) is 1. The van der Waals surface area contributed by atoms with Crippen molar-refractivity contribution in [3.05, 3.63) is 72.2 Å². The van der Waals surface area contributed by atoms with Gasteiger partial charge in [0.2, 0.25) is 0 Å². The van der Waals surface area contributed by atoms with E-state index in [0.29, 0.717) is 5.69 Å². The van der Waals surface area contributed by atoms with Gasteiger partial charge in [0.25, 0.3) is 5.91 Å². The van der Waals surface area contributed by atoms with Crippen molar-refractivity contribution in [2.24, 2.45) is 0 Å². The molecule has 2 heterocycles. The molecule has 146 valence electrons. The van der Waals surface area contributed by atoms with Gasteiger partial charge in [0, 0.05) is 17.4 Å². The van der Waals surface area contributed by atoms with Crippen molar-refractivity contribution < 1.29 is 13.9 Å². The molecule has 5 nitrogen and oxygen atoms in total. The van der Waals surface area contributed by atoms with Crippen LogP contribution in [0.1, 0.15) is 12.5 Å². The molecule has 29 heavy (non-hydrogen) atoms. The fourth-order valence-electron chi connectivity index (χ4n) is 2.80. The molecule has 4 rings (SSSR count). The number of amides is 1. The van der Waals surface area contributed by atoms with Crippen LogP contribution in [-0.2, 0) is 4.79 Å². The Morgan fingerprint density at radius 2 is 2.00 bits per heavy atom. The highest BCUT2D eigenvalue weighted by Crippen LogP contribution is 2.31. The van der Waals surface area contributed by atoms with Gasteiger partial charge in [-0.05, 0) is 49.7 Å². The first-order valence-corrected chi connectivity index (χ1v) is 9.87. The summed E-state index contributed by atoms with van der Waals surface area (Å²) in [5, 5.41) is 3.69. The van der Waals surface area contributed by atoms with Crippen molar-refractivity contribution in [1.82, 2.24) is 9.97 Å². The van der Waals surface area contributed by atoms with Gasteiger partial charge in [-0.3, -0.25) is 4.79 Å². The highest BCUT2D eigenvalue weighted by molar-refractivity contribution is 7.21. The predicted octanol–water partition coefficient (Wildman–Crippen LogP) is 5.21. The molecule has 1 unspecified atom stereocenters. The van der Waals surface area contributed by atoms with Crippen LogP contribution in [0.5, 0.6) is 5.75 Å². The van der Waals surface area contributed by atoms with Crippen LogP contribution in [0.3, 0.4) is 0 Å². The summed E-state index contributed by atoms with van der Waals surface area (Å²) in [5.41, 5.74) is 3.28. The van der Waals surface area contributed by atoms with Gasteiger partial charge in [-0.15, -0.1) is 0 Å². The minimum atomic E-state index is -0.860. The summed E-state index contributed by atoms with van der Waals surface area (Å²) in [6, 6.07) is 15.5. The van der Waals surface area contributed by atoms with E-state index in [-0.39, 0.29) is 11.7 Å². The molecule has 0 fully saturated rings. The summed E-state index contributed by atoms with van der Waals surface area (Å²) in [4.78, 5) is 22.4. The molecule has 7 heteroatoms. The van der Waals surface area contributed by atoms with Gasteiger partial charge in [0.15, 0.2) is 17.7 Å². The van der Waals surface area contributed by atoms with E-state index in [0.717, 1.165) is 26.5 Å². The molecular formula is C22H18FN3O2S. The molecule has 0 spiro atoms. The molecule has 0 saturated heterocycles. The minimum absolute atomic E-state index is 0.0441. The van der Waals surface area contributed by atoms with Crippen molar-refractivity contribution >= 4 is 33.3 Å². The number of ether oxygens (including phenoxy) is 1. The summed E-state index contributed by atoms with van der Waals surface area (Å²) < 4.78 is 19.2. The van der Waals surface area contributed by atoms with Crippen molar-refractivity contribution in [1.29, 1.82) is 0 Å². The Balaban J connectivity index is 1.54. The number of aromatic nitrogens is 2. The summed E-state index contributed by atoms with van der Waals surface area (Å²) >= 11 is 1.49. The van der Waals surface area contributed by atoms with Crippen LogP contribution in [0.4, 0.5) is 10.1 Å². The summed E-state index contributed by atoms with van der Waals surface area (Å²) in [6.45, 7) is 3.49. The number of hydrogen-bond donors (Lipinski definition) is 1. The Labute approximate surface area is 171 Å². The van der Waals surface area contributed by atoms with E-state index in [2.05, 4.69) is 15.3 Å². The normalized spacial score (nSPS) is 12.0. The lowest BCUT2D eigenvalue weighted by atomic mass is 10.1. The fourth-order valence-corrected chi connectivity index (χ4v) is 3.71. The molecule has 2 aromatic heterocycles. The van der Waals surface area contributed by atoms with Crippen molar-refractivity contribution in [3.8, 4) is 16.3 Å². The number of halogens is 1. The third-order valence-electron chi connectivity index (χ3n) is 4.42. The Morgan fingerprint density at radius 3 is 2.79 bits per heavy atom. The first kappa shape index (κ1) is 19.0. The van der Waals surface area contributed by atoms with Gasteiger partial charge >= 0.3 is 0 Å². The highest BCUT2D eigenvalue weighted by Gasteiger charge is 2.18. The Hall–Kier alpha value is -3.32. The fraction of sp³-hybridized carbons (Fsp3) is 0.136. The molecular weight excluding hydrogens is 389 g/mol. The predicted molar refractivity (Wildman–Crippen MR) is 113 cm³/mol. The van der Waals surface area contributed by atoms with Gasteiger partial charge < -0.3 is 10.1 Å². The molecule has 0 aliphatic heterocycles. The van der Waals surface area contributed by atoms with Crippen molar-refractivity contribution in [2.45, 2.75) is 20.0 Å². The van der Waals surface area contributed by atoms with E-state index >= 15 is 0 Å². The molecule has 0 aliphatic rings. The van der Waals surface area contributed by atoms with Crippen LogP contribution < -0.4 is 10.1 Å². The number of benzene rings is 2. The zero-order valence-electron chi connectivity index (χ0n) is 15.8. The maximum absolute atomic E-state index is 13.8. The topological polar surface area (TPSA) is 64.1 Å². The SMILES string of the molecule is Cc1ccc(-c2nc3cccnc3s2)cc1NC(=O)C(C)Oc1ccccc1F. The monoisotopic (exact) mass is 407 g/mol. The number of hydrogen-bond acceptors (Lipinski definition) is 5. The van der Waals surface area contributed by atoms with E-state index in [1.165, 1.54) is 23.5 Å². The number of carbonyl (C=O) groups excluding carboxylic acids is 1. The molecule has 0 aliphatic carbocycles. The van der Waals surface area contributed by atoms with E-state index in [4.69, 9.17) is 4.74 Å². The summed E-state index contributed by atoms with van der Waals surface area (Å²) in [7, 11) is 0. The average Bonchev–Trinajstić information content (AvgIpc) is 3.15. The van der Waals surface area contributed by atoms with Crippen molar-refractivity contribution in [3.63, 3.8) is 0 Å². The maximum atomic E-state index is 13.8. The number of rotatable bonds is 5. The van der Waals surface area contributed by atoms with Gasteiger partial charge in [-0.1, -0.05) is 35.6 Å². The molecule has 0 radical (unpaired) electrons. The first-order chi connectivity index (χ1) is 14.0. The molecule has 0 bridgehead atoms. The zero-order valence-corrected chi connectivity index (χ0v) is 16.7. The van der Waals surface area contributed by atoms with Crippen LogP contribution in [0, 0.1) is 12.7 Å². The smallest absolute Gasteiger partial charge is 0.265 e. The lowest BCUT2D eigenvalue weighted by molar-refractivity contribution is -0.122. The Bertz CT molecular complexity index is 1160. The molecule has 2 aromatic carbocycles. The van der Waals surface area contributed by atoms with Gasteiger partial charge in [-0.2, -0.15) is 0 Å². The molecule has 1 amide bonds. The second-order valence-corrected chi connectivity index (χ2v) is 7.53. The summed E-state index contributed by atoms with van der Waals surface area (Å²) in [5.74, 6) is -0.822. The van der Waals surface area contributed by atoms with Crippen molar-refractivity contribution in [2.75, 3.05) is 5.32 Å². The molecule has 4 aromatic rings. The highest BCUT2D eigenvalue weighted by atomic mass is 32.1. The maximum Gasteiger partial charge on any atom is 0.265 e. The van der Waals surface area contributed by atoms with Crippen LogP contribution in [0.2, 0.25) is 0 Å². The Kier molecular flexibility index (Phi) is 5.22. The van der Waals surface area contributed by atoms with Gasteiger partial charge in [0.1, 0.15) is 15.4 Å². The van der Waals surface area contributed by atoms with E-state index in [1.807, 2.05) is 37.3 Å². The van der Waals surface area contributed by atoms with E-state index in [9.17, 15) is 9.18 Å². The van der Waals surface area contributed by atoms with E-state index in [1.54, 1.807) is 25.3 Å². The first-order valence-electron chi connectivity index (χ1n) is 9.06. The second-order valence-electron chi connectivity index (χ2n) is 6.56. The average molecular weight is 407 g/mol. The standard InChI is InChI=1S/C22H18FN3O2S/c1-13-9-10-15(21-26-17-7-5-11-24-22(17)29-21)12-18(13)25-20(27)14(2)28-19-8-4-3-6-16(19)23/h3-12,14H,1-2H3,(H,25,27). The minimum Gasteiger partial charge on any atom is -0.478 e. The number of para-hydroxylation sites is 1.